The van der Waals surface area contributed by atoms with Gasteiger partial charge in [-0.05, 0) is 18.1 Å². The lowest BCUT2D eigenvalue weighted by Crippen LogP contribution is -2.39. The van der Waals surface area contributed by atoms with Gasteiger partial charge in [-0.25, -0.2) is 19.3 Å². The van der Waals surface area contributed by atoms with E-state index < -0.39 is 92.2 Å². The number of imidazole rings is 1. The Labute approximate surface area is 299 Å². The van der Waals surface area contributed by atoms with Crippen LogP contribution in [0.1, 0.15) is 24.4 Å². The minimum atomic E-state index is -4.42. The number of aromatic nitrogens is 5. The molecule has 1 aromatic carbocycles. The van der Waals surface area contributed by atoms with Crippen molar-refractivity contribution in [2.45, 2.75) is 61.9 Å². The van der Waals surface area contributed by atoms with Crippen LogP contribution in [0.2, 0.25) is 0 Å². The molecule has 0 spiro atoms. The van der Waals surface area contributed by atoms with E-state index >= 15 is 0 Å². The quantitative estimate of drug-likeness (QED) is 0.0624. The maximum atomic E-state index is 14.5. The average molecular weight is 764 g/mol. The van der Waals surface area contributed by atoms with Crippen molar-refractivity contribution < 1.29 is 47.6 Å². The zero-order valence-corrected chi connectivity index (χ0v) is 29.4. The third-order valence-electron chi connectivity index (χ3n) is 8.53. The summed E-state index contributed by atoms with van der Waals surface area (Å²) in [5.41, 5.74) is 12.7. The van der Waals surface area contributed by atoms with Crippen LogP contribution in [-0.2, 0) is 43.8 Å². The summed E-state index contributed by atoms with van der Waals surface area (Å²) in [4.78, 5) is 47.8. The molecule has 3 aromatic heterocycles. The van der Waals surface area contributed by atoms with Gasteiger partial charge in [0, 0.05) is 43.4 Å². The van der Waals surface area contributed by atoms with Crippen molar-refractivity contribution in [3.63, 3.8) is 0 Å². The number of esters is 1. The monoisotopic (exact) mass is 763 g/mol. The minimum absolute atomic E-state index is 0.107. The lowest BCUT2D eigenvalue weighted by molar-refractivity contribution is -0.142. The Balaban J connectivity index is 1.19. The molecule has 2 saturated heterocycles. The van der Waals surface area contributed by atoms with Gasteiger partial charge in [-0.2, -0.15) is 0 Å². The molecule has 19 nitrogen and oxygen atoms in total. The van der Waals surface area contributed by atoms with Gasteiger partial charge in [0.1, 0.15) is 48.1 Å². The summed E-state index contributed by atoms with van der Waals surface area (Å²) in [6.07, 6.45) is -3.23. The van der Waals surface area contributed by atoms with E-state index in [4.69, 9.17) is 39.5 Å². The molecule has 2 aliphatic rings. The van der Waals surface area contributed by atoms with Crippen molar-refractivity contribution in [3.05, 3.63) is 87.6 Å². The molecule has 0 bridgehead atoms. The number of rotatable bonds is 15. The molecule has 9 atom stereocenters. The molecule has 0 saturated carbocycles. The second-order valence-corrected chi connectivity index (χ2v) is 15.9. The van der Waals surface area contributed by atoms with Crippen LogP contribution in [-0.4, -0.2) is 103 Å². The molecule has 6 rings (SSSR count). The van der Waals surface area contributed by atoms with Crippen LogP contribution in [0.25, 0.3) is 11.2 Å². The number of hydrogen-bond acceptors (Lipinski definition) is 17. The molecule has 21 heteroatoms. The Morgan fingerprint density at radius 3 is 2.65 bits per heavy atom. The Morgan fingerprint density at radius 1 is 1.13 bits per heavy atom. The Morgan fingerprint density at radius 2 is 1.92 bits per heavy atom. The van der Waals surface area contributed by atoms with Crippen LogP contribution in [0.4, 0.5) is 5.69 Å². The second-order valence-electron chi connectivity index (χ2n) is 11.9. The first kappa shape index (κ1) is 37.8. The number of fused-ring (bicyclic) bond motifs is 1. The third kappa shape index (κ3) is 8.31. The highest BCUT2D eigenvalue weighted by atomic mass is 32.7. The molecule has 5 heterocycles. The van der Waals surface area contributed by atoms with Crippen LogP contribution in [0, 0.1) is 0 Å². The Hall–Kier alpha value is -3.95. The predicted molar refractivity (Wildman–Crippen MR) is 185 cm³/mol. The summed E-state index contributed by atoms with van der Waals surface area (Å²) >= 11 is 0.504. The number of pyridine rings is 1. The summed E-state index contributed by atoms with van der Waals surface area (Å²) in [5, 5.41) is 21.1. The lowest BCUT2D eigenvalue weighted by atomic mass is 10.1. The standard InChI is InChI=1S/C31H38N7O12PS/c1-45-27-26(21(13-39)49-29(27)37-10-8-23(41)36-31(37)43)50-51(44,52-16-46-30(42)19(33)11-17-5-3-2-4-6-17)47-14-22-20(40)12-24(48-22)38-15-35-25-18(32)7-9-34-28(25)38/h2-10,15,19-22,24,26-27,29,39-40H,11-14,16,33H2,1H3,(H2,32,34)(H,36,41,43)/t19?,20-,21-,22-,24-,26+,27?,29-,51?/m1/s1. The van der Waals surface area contributed by atoms with Crippen molar-refractivity contribution in [1.82, 2.24) is 24.1 Å². The molecule has 2 fully saturated rings. The molecule has 52 heavy (non-hydrogen) atoms. The molecule has 2 aliphatic heterocycles. The van der Waals surface area contributed by atoms with Crippen molar-refractivity contribution in [2.24, 2.45) is 5.73 Å². The third-order valence-corrected chi connectivity index (χ3v) is 11.9. The number of H-pyrrole nitrogens is 1. The zero-order valence-electron chi connectivity index (χ0n) is 27.7. The van der Waals surface area contributed by atoms with Gasteiger partial charge < -0.3 is 40.6 Å². The number of ether oxygens (including phenoxy) is 4. The smallest absolute Gasteiger partial charge is 0.392 e. The van der Waals surface area contributed by atoms with Gasteiger partial charge in [0.2, 0.25) is 0 Å². The summed E-state index contributed by atoms with van der Waals surface area (Å²) in [6, 6.07) is 10.7. The van der Waals surface area contributed by atoms with Crippen LogP contribution < -0.4 is 22.7 Å². The highest BCUT2D eigenvalue weighted by Gasteiger charge is 2.51. The number of anilines is 1. The SMILES string of the molecule is COC1[C@@H](OP(=O)(OC[C@H]2O[C@@H](n3cnc4c(N)ccnc43)C[C@H]2O)SCOC(=O)C(N)Cc2ccccc2)[C@@H](CO)O[C@H]1n1ccc(=O)[nH]c1=O. The van der Waals surface area contributed by atoms with E-state index in [1.165, 1.54) is 25.8 Å². The number of aliphatic hydroxyl groups excluding tert-OH is 2. The van der Waals surface area contributed by atoms with Gasteiger partial charge in [0.05, 0.1) is 31.3 Å². The zero-order chi connectivity index (χ0) is 37.0. The molecule has 280 valence electrons. The maximum Gasteiger partial charge on any atom is 0.392 e. The molecule has 3 unspecified atom stereocenters. The molecule has 7 N–H and O–H groups in total. The number of benzene rings is 1. The van der Waals surface area contributed by atoms with E-state index in [0.29, 0.717) is 28.2 Å². The van der Waals surface area contributed by atoms with Crippen molar-refractivity contribution >= 4 is 41.0 Å². The van der Waals surface area contributed by atoms with E-state index in [1.807, 2.05) is 30.3 Å². The number of nitrogen functional groups attached to an aromatic ring is 1. The molecule has 0 amide bonds. The van der Waals surface area contributed by atoms with E-state index in [0.717, 1.165) is 16.2 Å². The lowest BCUT2D eigenvalue weighted by Gasteiger charge is -2.28. The maximum absolute atomic E-state index is 14.5. The van der Waals surface area contributed by atoms with E-state index in [-0.39, 0.29) is 12.8 Å². The van der Waals surface area contributed by atoms with Gasteiger partial charge in [-0.15, -0.1) is 0 Å². The van der Waals surface area contributed by atoms with Crippen molar-refractivity contribution in [1.29, 1.82) is 0 Å². The fourth-order valence-electron chi connectivity index (χ4n) is 5.90. The number of aliphatic hydroxyl groups is 2. The highest BCUT2D eigenvalue weighted by Crippen LogP contribution is 2.63. The highest BCUT2D eigenvalue weighted by molar-refractivity contribution is 8.55. The van der Waals surface area contributed by atoms with Crippen LogP contribution in [0.3, 0.4) is 0 Å². The van der Waals surface area contributed by atoms with E-state index in [1.54, 1.807) is 10.6 Å². The summed E-state index contributed by atoms with van der Waals surface area (Å²) in [7, 11) is 1.29. The second kappa shape index (κ2) is 16.4. The number of nitrogens with zero attached hydrogens (tertiary/aromatic N) is 4. The molecule has 4 aromatic rings. The number of nitrogens with one attached hydrogen (secondary N) is 1. The number of nitrogens with two attached hydrogens (primary N) is 2. The Bertz CT molecular complexity index is 2010. The molecule has 0 radical (unpaired) electrons. The van der Waals surface area contributed by atoms with Crippen LogP contribution in [0.15, 0.2) is 70.8 Å². The first-order valence-electron chi connectivity index (χ1n) is 16.0. The fourth-order valence-corrected chi connectivity index (χ4v) is 8.71. The number of hydrogen-bond donors (Lipinski definition) is 5. The Kier molecular flexibility index (Phi) is 11.9. The number of carbonyl (C=O) groups is 1. The average Bonchev–Trinajstić information content (AvgIpc) is 3.82. The van der Waals surface area contributed by atoms with E-state index in [2.05, 4.69) is 15.0 Å². The van der Waals surface area contributed by atoms with Gasteiger partial charge in [0.15, 0.2) is 11.9 Å². The molecule has 0 aliphatic carbocycles. The van der Waals surface area contributed by atoms with Crippen molar-refractivity contribution in [3.8, 4) is 0 Å². The molecular weight excluding hydrogens is 725 g/mol. The van der Waals surface area contributed by atoms with Gasteiger partial charge in [0.25, 0.3) is 5.56 Å². The summed E-state index contributed by atoms with van der Waals surface area (Å²) in [5.74, 6) is -1.30. The number of methoxy groups -OCH3 is 1. The number of carbonyl (C=O) groups excluding carboxylic acids is 1. The van der Waals surface area contributed by atoms with Crippen molar-refractivity contribution in [2.75, 3.05) is 32.0 Å². The topological polar surface area (TPSA) is 268 Å². The molecular formula is C31H38N7O12PS. The van der Waals surface area contributed by atoms with Gasteiger partial charge >= 0.3 is 18.5 Å². The first-order chi connectivity index (χ1) is 25.0. The normalized spacial score (nSPS) is 26.3. The largest absolute Gasteiger partial charge is 0.453 e. The summed E-state index contributed by atoms with van der Waals surface area (Å²) < 4.78 is 51.9. The first-order valence-corrected chi connectivity index (χ1v) is 19.2. The minimum Gasteiger partial charge on any atom is -0.453 e. The van der Waals surface area contributed by atoms with Crippen LogP contribution >= 0.6 is 18.2 Å². The van der Waals surface area contributed by atoms with Gasteiger partial charge in [-0.3, -0.25) is 32.8 Å². The fraction of sp³-hybridized carbons (Fsp3) is 0.452. The van der Waals surface area contributed by atoms with E-state index in [9.17, 15) is 29.2 Å². The van der Waals surface area contributed by atoms with Crippen LogP contribution in [0.5, 0.6) is 0 Å². The number of aromatic amines is 1. The predicted octanol–water partition coefficient (Wildman–Crippen LogP) is 0.431. The summed E-state index contributed by atoms with van der Waals surface area (Å²) in [6.45, 7) is -5.53. The van der Waals surface area contributed by atoms with Gasteiger partial charge in [-0.1, -0.05) is 30.3 Å².